The van der Waals surface area contributed by atoms with E-state index in [-0.39, 0.29) is 0 Å². The number of likely N-dealkylation sites (tertiary alicyclic amines) is 1. The monoisotopic (exact) mass is 155 g/mol. The summed E-state index contributed by atoms with van der Waals surface area (Å²) >= 11 is 0. The highest BCUT2D eigenvalue weighted by molar-refractivity contribution is 5.76. The van der Waals surface area contributed by atoms with Gasteiger partial charge in [0.1, 0.15) is 0 Å². The van der Waals surface area contributed by atoms with Crippen molar-refractivity contribution in [3.8, 4) is 0 Å². The molecule has 64 valence electrons. The molecule has 0 bridgehead atoms. The molecule has 1 aliphatic heterocycles. The number of nitrogens with zero attached hydrogens (tertiary/aromatic N) is 1. The van der Waals surface area contributed by atoms with Crippen LogP contribution in [0.15, 0.2) is 0 Å². The smallest absolute Gasteiger partial charge is 0.222 e. The van der Waals surface area contributed by atoms with Crippen LogP contribution in [0.25, 0.3) is 0 Å². The van der Waals surface area contributed by atoms with Gasteiger partial charge in [0.05, 0.1) is 0 Å². The van der Waals surface area contributed by atoms with Gasteiger partial charge in [0, 0.05) is 19.0 Å². The first-order valence-electron chi connectivity index (χ1n) is 4.51. The van der Waals surface area contributed by atoms with Gasteiger partial charge in [-0.25, -0.2) is 0 Å². The third-order valence-corrected chi connectivity index (χ3v) is 2.23. The molecule has 1 amide bonds. The van der Waals surface area contributed by atoms with Gasteiger partial charge in [0.2, 0.25) is 5.91 Å². The molecule has 0 aromatic heterocycles. The van der Waals surface area contributed by atoms with Gasteiger partial charge in [0.15, 0.2) is 0 Å². The van der Waals surface area contributed by atoms with Crippen LogP contribution < -0.4 is 0 Å². The molecule has 0 aromatic carbocycles. The lowest BCUT2D eigenvalue weighted by molar-refractivity contribution is -0.132. The summed E-state index contributed by atoms with van der Waals surface area (Å²) < 4.78 is 0. The Labute approximate surface area is 68.6 Å². The number of carbonyl (C=O) groups is 1. The maximum Gasteiger partial charge on any atom is 0.222 e. The van der Waals surface area contributed by atoms with E-state index in [1.807, 2.05) is 4.90 Å². The second-order valence-electron chi connectivity index (χ2n) is 3.49. The Kier molecular flexibility index (Phi) is 2.92. The van der Waals surface area contributed by atoms with Crippen LogP contribution in [0.1, 0.15) is 39.5 Å². The van der Waals surface area contributed by atoms with Crippen LogP contribution in [0.3, 0.4) is 0 Å². The third kappa shape index (κ3) is 2.21. The average molecular weight is 155 g/mol. The van der Waals surface area contributed by atoms with E-state index in [0.717, 1.165) is 19.4 Å². The van der Waals surface area contributed by atoms with Gasteiger partial charge < -0.3 is 4.90 Å². The van der Waals surface area contributed by atoms with Crippen molar-refractivity contribution in [2.24, 2.45) is 0 Å². The highest BCUT2D eigenvalue weighted by atomic mass is 16.2. The zero-order chi connectivity index (χ0) is 8.27. The molecule has 1 heterocycles. The molecule has 0 saturated carbocycles. The van der Waals surface area contributed by atoms with E-state index in [0.29, 0.717) is 11.9 Å². The van der Waals surface area contributed by atoms with Crippen molar-refractivity contribution in [1.29, 1.82) is 0 Å². The Morgan fingerprint density at radius 1 is 1.27 bits per heavy atom. The summed E-state index contributed by atoms with van der Waals surface area (Å²) in [6.07, 6.45) is 4.25. The second-order valence-corrected chi connectivity index (χ2v) is 3.49. The molecular formula is C9H17NO. The molecular weight excluding hydrogens is 138 g/mol. The predicted molar refractivity (Wildman–Crippen MR) is 45.3 cm³/mol. The topological polar surface area (TPSA) is 20.3 Å². The van der Waals surface area contributed by atoms with Crippen molar-refractivity contribution in [2.75, 3.05) is 6.54 Å². The van der Waals surface area contributed by atoms with Crippen LogP contribution >= 0.6 is 0 Å². The Morgan fingerprint density at radius 3 is 2.64 bits per heavy atom. The van der Waals surface area contributed by atoms with Gasteiger partial charge in [-0.3, -0.25) is 4.79 Å². The number of amides is 1. The summed E-state index contributed by atoms with van der Waals surface area (Å²) in [5.41, 5.74) is 0. The van der Waals surface area contributed by atoms with Crippen LogP contribution in [0, 0.1) is 0 Å². The van der Waals surface area contributed by atoms with Crippen molar-refractivity contribution in [1.82, 2.24) is 4.90 Å². The van der Waals surface area contributed by atoms with E-state index >= 15 is 0 Å². The zero-order valence-corrected chi connectivity index (χ0v) is 7.47. The summed E-state index contributed by atoms with van der Waals surface area (Å²) in [5, 5.41) is 0. The summed E-state index contributed by atoms with van der Waals surface area (Å²) in [4.78, 5) is 13.4. The lowest BCUT2D eigenvalue weighted by Gasteiger charge is -2.24. The number of carbonyl (C=O) groups excluding carboxylic acids is 1. The maximum absolute atomic E-state index is 11.4. The van der Waals surface area contributed by atoms with E-state index in [1.54, 1.807) is 0 Å². The molecule has 0 unspecified atom stereocenters. The Hall–Kier alpha value is -0.530. The van der Waals surface area contributed by atoms with E-state index in [4.69, 9.17) is 0 Å². The van der Waals surface area contributed by atoms with Crippen molar-refractivity contribution < 1.29 is 4.79 Å². The molecule has 1 fully saturated rings. The number of hydrogen-bond donors (Lipinski definition) is 0. The normalized spacial score (nSPS) is 20.6. The van der Waals surface area contributed by atoms with E-state index in [9.17, 15) is 4.79 Å². The van der Waals surface area contributed by atoms with Gasteiger partial charge >= 0.3 is 0 Å². The van der Waals surface area contributed by atoms with Crippen LogP contribution in [0.2, 0.25) is 0 Å². The number of rotatable bonds is 1. The molecule has 0 N–H and O–H groups in total. The van der Waals surface area contributed by atoms with Gasteiger partial charge in [0.25, 0.3) is 0 Å². The third-order valence-electron chi connectivity index (χ3n) is 2.23. The van der Waals surface area contributed by atoms with Crippen molar-refractivity contribution in [3.05, 3.63) is 0 Å². The summed E-state index contributed by atoms with van der Waals surface area (Å²) in [5.74, 6) is 0.345. The minimum Gasteiger partial charge on any atom is -0.340 e. The first kappa shape index (κ1) is 8.57. The minimum absolute atomic E-state index is 0.345. The van der Waals surface area contributed by atoms with E-state index < -0.39 is 0 Å². The fourth-order valence-corrected chi connectivity index (χ4v) is 1.55. The molecule has 1 rings (SSSR count). The maximum atomic E-state index is 11.4. The fourth-order valence-electron chi connectivity index (χ4n) is 1.55. The largest absolute Gasteiger partial charge is 0.340 e. The molecule has 0 atom stereocenters. The SMILES string of the molecule is CC(C)N1CCCCCC1=O. The molecule has 11 heavy (non-hydrogen) atoms. The predicted octanol–water partition coefficient (Wildman–Crippen LogP) is 1.80. The average Bonchev–Trinajstić information content (AvgIpc) is 2.13. The first-order chi connectivity index (χ1) is 5.22. The Morgan fingerprint density at radius 2 is 2.00 bits per heavy atom. The lowest BCUT2D eigenvalue weighted by atomic mass is 10.2. The van der Waals surface area contributed by atoms with E-state index in [2.05, 4.69) is 13.8 Å². The van der Waals surface area contributed by atoms with E-state index in [1.165, 1.54) is 12.8 Å². The molecule has 1 saturated heterocycles. The lowest BCUT2D eigenvalue weighted by Crippen LogP contribution is -2.36. The molecule has 0 aromatic rings. The molecule has 1 aliphatic rings. The van der Waals surface area contributed by atoms with Gasteiger partial charge in [-0.15, -0.1) is 0 Å². The molecule has 0 spiro atoms. The first-order valence-corrected chi connectivity index (χ1v) is 4.51. The van der Waals surface area contributed by atoms with Crippen LogP contribution in [0.4, 0.5) is 0 Å². The standard InChI is InChI=1S/C9H17NO/c1-8(2)10-7-5-3-4-6-9(10)11/h8H,3-7H2,1-2H3. The Bertz CT molecular complexity index is 142. The van der Waals surface area contributed by atoms with Crippen molar-refractivity contribution >= 4 is 5.91 Å². The van der Waals surface area contributed by atoms with Gasteiger partial charge in [-0.2, -0.15) is 0 Å². The summed E-state index contributed by atoms with van der Waals surface area (Å²) in [6, 6.07) is 0.389. The zero-order valence-electron chi connectivity index (χ0n) is 7.47. The second kappa shape index (κ2) is 3.74. The fraction of sp³-hybridized carbons (Fsp3) is 0.889. The molecule has 2 nitrogen and oxygen atoms in total. The summed E-state index contributed by atoms with van der Waals surface area (Å²) in [7, 11) is 0. The van der Waals surface area contributed by atoms with Crippen molar-refractivity contribution in [2.45, 2.75) is 45.6 Å². The van der Waals surface area contributed by atoms with Crippen LogP contribution in [0.5, 0.6) is 0 Å². The van der Waals surface area contributed by atoms with Crippen LogP contribution in [-0.2, 0) is 4.79 Å². The minimum atomic E-state index is 0.345. The Balaban J connectivity index is 2.52. The number of hydrogen-bond acceptors (Lipinski definition) is 1. The molecule has 0 aliphatic carbocycles. The molecule has 2 heteroatoms. The summed E-state index contributed by atoms with van der Waals surface area (Å²) in [6.45, 7) is 5.14. The van der Waals surface area contributed by atoms with Gasteiger partial charge in [-0.1, -0.05) is 6.42 Å². The highest BCUT2D eigenvalue weighted by Gasteiger charge is 2.18. The molecule has 0 radical (unpaired) electrons. The van der Waals surface area contributed by atoms with Crippen molar-refractivity contribution in [3.63, 3.8) is 0 Å². The van der Waals surface area contributed by atoms with Crippen LogP contribution in [-0.4, -0.2) is 23.4 Å². The quantitative estimate of drug-likeness (QED) is 0.565. The highest BCUT2D eigenvalue weighted by Crippen LogP contribution is 2.13. The van der Waals surface area contributed by atoms with Gasteiger partial charge in [-0.05, 0) is 26.7 Å².